The molecule has 0 aliphatic carbocycles. The van der Waals surface area contributed by atoms with E-state index in [1.165, 1.54) is 18.9 Å². The van der Waals surface area contributed by atoms with E-state index in [0.717, 1.165) is 5.56 Å². The average Bonchev–Trinajstić information content (AvgIpc) is 2.85. The maximum Gasteiger partial charge on any atom is 0.262 e. The lowest BCUT2D eigenvalue weighted by Gasteiger charge is -2.15. The summed E-state index contributed by atoms with van der Waals surface area (Å²) < 4.78 is 12.1. The summed E-state index contributed by atoms with van der Waals surface area (Å²) in [6.45, 7) is 0.240. The van der Waals surface area contributed by atoms with Crippen LogP contribution in [-0.4, -0.2) is 35.4 Å². The van der Waals surface area contributed by atoms with Gasteiger partial charge in [-0.3, -0.25) is 14.2 Å². The van der Waals surface area contributed by atoms with Gasteiger partial charge in [-0.1, -0.05) is 53.7 Å². The van der Waals surface area contributed by atoms with E-state index < -0.39 is 0 Å². The molecule has 0 radical (unpaired) electrons. The number of nitrogens with one attached hydrogen (secondary N) is 1. The number of aromatic nitrogens is 2. The first-order valence-corrected chi connectivity index (χ1v) is 11.7. The highest BCUT2D eigenvalue weighted by atomic mass is 35.5. The molecule has 0 aliphatic heterocycles. The maximum atomic E-state index is 13.3. The second-order valence-corrected chi connectivity index (χ2v) is 8.65. The molecule has 1 amide bonds. The number of carbonyl (C=O) groups is 1. The SMILES string of the molecule is COc1ccc(OC)c(NC(=O)CSc2nc3ccccc3c(=O)n2Cc2ccccc2Cl)c1. The number of anilines is 1. The van der Waals surface area contributed by atoms with Crippen LogP contribution in [0.3, 0.4) is 0 Å². The number of hydrogen-bond acceptors (Lipinski definition) is 6. The number of amides is 1. The minimum Gasteiger partial charge on any atom is -0.497 e. The molecule has 0 saturated carbocycles. The Morgan fingerprint density at radius 3 is 2.59 bits per heavy atom. The summed E-state index contributed by atoms with van der Waals surface area (Å²) in [6, 6.07) is 19.6. The van der Waals surface area contributed by atoms with Crippen LogP contribution in [0.25, 0.3) is 10.9 Å². The zero-order valence-electron chi connectivity index (χ0n) is 18.6. The van der Waals surface area contributed by atoms with Crippen LogP contribution in [0.4, 0.5) is 5.69 Å². The van der Waals surface area contributed by atoms with Gasteiger partial charge in [0.2, 0.25) is 5.91 Å². The van der Waals surface area contributed by atoms with Gasteiger partial charge >= 0.3 is 0 Å². The van der Waals surface area contributed by atoms with E-state index in [4.69, 9.17) is 21.1 Å². The fourth-order valence-electron chi connectivity index (χ4n) is 3.42. The Bertz CT molecular complexity index is 1410. The standard InChI is InChI=1S/C25H22ClN3O4S/c1-32-17-11-12-22(33-2)21(13-17)27-23(30)15-34-25-28-20-10-6-4-8-18(20)24(31)29(25)14-16-7-3-5-9-19(16)26/h3-13H,14-15H2,1-2H3,(H,27,30). The predicted molar refractivity (Wildman–Crippen MR) is 135 cm³/mol. The molecule has 0 bridgehead atoms. The summed E-state index contributed by atoms with van der Waals surface area (Å²) >= 11 is 7.52. The van der Waals surface area contributed by atoms with E-state index >= 15 is 0 Å². The van der Waals surface area contributed by atoms with Crippen molar-refractivity contribution in [2.75, 3.05) is 25.3 Å². The highest BCUT2D eigenvalue weighted by Crippen LogP contribution is 2.29. The molecule has 7 nitrogen and oxygen atoms in total. The average molecular weight is 496 g/mol. The maximum absolute atomic E-state index is 13.3. The zero-order valence-corrected chi connectivity index (χ0v) is 20.2. The van der Waals surface area contributed by atoms with Gasteiger partial charge in [0.15, 0.2) is 5.16 Å². The number of carbonyl (C=O) groups excluding carboxylic acids is 1. The Labute approximate surface area is 205 Å². The molecule has 0 aliphatic rings. The Hall–Kier alpha value is -3.49. The van der Waals surface area contributed by atoms with Crippen molar-refractivity contribution in [3.05, 3.63) is 87.7 Å². The van der Waals surface area contributed by atoms with Crippen molar-refractivity contribution in [3.8, 4) is 11.5 Å². The molecule has 4 aromatic rings. The molecule has 4 rings (SSSR count). The lowest BCUT2D eigenvalue weighted by Crippen LogP contribution is -2.25. The third-order valence-corrected chi connectivity index (χ3v) is 6.47. The third kappa shape index (κ3) is 5.18. The van der Waals surface area contributed by atoms with Gasteiger partial charge in [-0.15, -0.1) is 0 Å². The summed E-state index contributed by atoms with van der Waals surface area (Å²) in [4.78, 5) is 30.7. The van der Waals surface area contributed by atoms with Gasteiger partial charge in [-0.05, 0) is 35.9 Å². The first-order chi connectivity index (χ1) is 16.5. The van der Waals surface area contributed by atoms with Gasteiger partial charge in [-0.2, -0.15) is 0 Å². The monoisotopic (exact) mass is 495 g/mol. The first kappa shape index (κ1) is 23.7. The Balaban J connectivity index is 1.62. The Morgan fingerprint density at radius 1 is 1.06 bits per heavy atom. The van der Waals surface area contributed by atoms with Crippen molar-refractivity contribution in [2.45, 2.75) is 11.7 Å². The number of halogens is 1. The molecule has 3 aromatic carbocycles. The van der Waals surface area contributed by atoms with E-state index in [1.807, 2.05) is 24.3 Å². The number of methoxy groups -OCH3 is 2. The van der Waals surface area contributed by atoms with Crippen molar-refractivity contribution >= 4 is 45.9 Å². The molecule has 0 saturated heterocycles. The molecule has 0 unspecified atom stereocenters. The number of thioether (sulfide) groups is 1. The van der Waals surface area contributed by atoms with Crippen molar-refractivity contribution in [1.29, 1.82) is 0 Å². The van der Waals surface area contributed by atoms with Crippen LogP contribution < -0.4 is 20.3 Å². The van der Waals surface area contributed by atoms with Crippen LogP contribution in [0.2, 0.25) is 5.02 Å². The fraction of sp³-hybridized carbons (Fsp3) is 0.160. The second kappa shape index (κ2) is 10.6. The van der Waals surface area contributed by atoms with Gasteiger partial charge in [0.05, 0.1) is 43.1 Å². The molecule has 1 aromatic heterocycles. The number of hydrogen-bond donors (Lipinski definition) is 1. The van der Waals surface area contributed by atoms with Crippen molar-refractivity contribution in [2.24, 2.45) is 0 Å². The molecule has 1 heterocycles. The third-order valence-electron chi connectivity index (χ3n) is 5.13. The van der Waals surface area contributed by atoms with Crippen molar-refractivity contribution in [3.63, 3.8) is 0 Å². The largest absolute Gasteiger partial charge is 0.497 e. The topological polar surface area (TPSA) is 82.5 Å². The van der Waals surface area contributed by atoms with Gasteiger partial charge in [0, 0.05) is 11.1 Å². The van der Waals surface area contributed by atoms with E-state index in [0.29, 0.717) is 38.3 Å². The van der Waals surface area contributed by atoms with Crippen LogP contribution in [0, 0.1) is 0 Å². The van der Waals surface area contributed by atoms with Crippen LogP contribution in [-0.2, 0) is 11.3 Å². The van der Waals surface area contributed by atoms with Crippen LogP contribution >= 0.6 is 23.4 Å². The highest BCUT2D eigenvalue weighted by molar-refractivity contribution is 7.99. The zero-order chi connectivity index (χ0) is 24.1. The summed E-state index contributed by atoms with van der Waals surface area (Å²) in [7, 11) is 3.07. The van der Waals surface area contributed by atoms with Crippen molar-refractivity contribution < 1.29 is 14.3 Å². The summed E-state index contributed by atoms with van der Waals surface area (Å²) in [5.74, 6) is 0.864. The van der Waals surface area contributed by atoms with Gasteiger partial charge < -0.3 is 14.8 Å². The lowest BCUT2D eigenvalue weighted by atomic mass is 10.2. The number of benzene rings is 3. The molecular formula is C25H22ClN3O4S. The number of rotatable bonds is 8. The van der Waals surface area contributed by atoms with Crippen molar-refractivity contribution in [1.82, 2.24) is 9.55 Å². The van der Waals surface area contributed by atoms with Gasteiger partial charge in [0.1, 0.15) is 11.5 Å². The second-order valence-electron chi connectivity index (χ2n) is 7.30. The van der Waals surface area contributed by atoms with E-state index in [-0.39, 0.29) is 23.8 Å². The van der Waals surface area contributed by atoms with E-state index in [1.54, 1.807) is 54.1 Å². The van der Waals surface area contributed by atoms with Crippen LogP contribution in [0.5, 0.6) is 11.5 Å². The molecule has 9 heteroatoms. The molecular weight excluding hydrogens is 474 g/mol. The number of para-hydroxylation sites is 1. The Morgan fingerprint density at radius 2 is 1.82 bits per heavy atom. The normalized spacial score (nSPS) is 10.8. The molecule has 0 spiro atoms. The summed E-state index contributed by atoms with van der Waals surface area (Å²) in [5, 5.41) is 4.32. The molecule has 0 fully saturated rings. The number of nitrogens with zero attached hydrogens (tertiary/aromatic N) is 2. The highest BCUT2D eigenvalue weighted by Gasteiger charge is 2.16. The predicted octanol–water partition coefficient (Wildman–Crippen LogP) is 4.85. The van der Waals surface area contributed by atoms with Gasteiger partial charge in [-0.25, -0.2) is 4.98 Å². The summed E-state index contributed by atoms with van der Waals surface area (Å²) in [5.41, 5.74) is 1.66. The lowest BCUT2D eigenvalue weighted by molar-refractivity contribution is -0.113. The Kier molecular flexibility index (Phi) is 7.40. The van der Waals surface area contributed by atoms with Gasteiger partial charge in [0.25, 0.3) is 5.56 Å². The summed E-state index contributed by atoms with van der Waals surface area (Å²) in [6.07, 6.45) is 0. The molecule has 34 heavy (non-hydrogen) atoms. The fourth-order valence-corrected chi connectivity index (χ4v) is 4.42. The first-order valence-electron chi connectivity index (χ1n) is 10.4. The number of ether oxygens (including phenoxy) is 2. The number of fused-ring (bicyclic) bond motifs is 1. The molecule has 0 atom stereocenters. The van der Waals surface area contributed by atoms with E-state index in [2.05, 4.69) is 10.3 Å². The minimum absolute atomic E-state index is 0.0354. The molecule has 1 N–H and O–H groups in total. The van der Waals surface area contributed by atoms with Crippen LogP contribution in [0.1, 0.15) is 5.56 Å². The van der Waals surface area contributed by atoms with Crippen LogP contribution in [0.15, 0.2) is 76.7 Å². The van der Waals surface area contributed by atoms with E-state index in [9.17, 15) is 9.59 Å². The molecule has 174 valence electrons. The quantitative estimate of drug-likeness (QED) is 0.278. The smallest absolute Gasteiger partial charge is 0.262 e. The minimum atomic E-state index is -0.275.